The van der Waals surface area contributed by atoms with Crippen molar-refractivity contribution in [1.82, 2.24) is 0 Å². The van der Waals surface area contributed by atoms with E-state index in [-0.39, 0.29) is 0 Å². The van der Waals surface area contributed by atoms with Crippen molar-refractivity contribution in [3.05, 3.63) is 88.4 Å². The third-order valence-corrected chi connectivity index (χ3v) is 9.07. The van der Waals surface area contributed by atoms with Gasteiger partial charge in [0.25, 0.3) is 0 Å². The lowest BCUT2D eigenvalue weighted by atomic mass is 9.76. The highest BCUT2D eigenvalue weighted by molar-refractivity contribution is 6.30. The zero-order valence-corrected chi connectivity index (χ0v) is 29.6. The van der Waals surface area contributed by atoms with E-state index in [0.717, 1.165) is 59.6 Å². The minimum atomic E-state index is -0.390. The van der Waals surface area contributed by atoms with Crippen molar-refractivity contribution in [3.63, 3.8) is 0 Å². The van der Waals surface area contributed by atoms with E-state index < -0.39 is 5.82 Å². The molecular formula is C40H56ClFN2O. The summed E-state index contributed by atoms with van der Waals surface area (Å²) in [5.41, 5.74) is 5.45. The standard InChI is InChI=1S/C33H42ClFN2O.C7H14/c1-7-9-23(3)32(22-36-24(4)37-28-20-26(34)19-27(35)21-28)31(10-8-2)25-11-13-29(14-12-25)38-30-15-17-33(5,6)18-16-30;1-7-5-3-2-4-6-7/h9-14,19-22,30H,7-8,15-18H2,1-6H3,(H,36,37);7H,2-6H2,1H3/b23-9+,31-10-,32-22+;. The van der Waals surface area contributed by atoms with Crippen molar-refractivity contribution >= 4 is 28.7 Å². The van der Waals surface area contributed by atoms with E-state index in [1.54, 1.807) is 6.07 Å². The van der Waals surface area contributed by atoms with Crippen LogP contribution >= 0.6 is 11.6 Å². The van der Waals surface area contributed by atoms with Crippen LogP contribution in [0.15, 0.2) is 77.0 Å². The number of benzene rings is 2. The van der Waals surface area contributed by atoms with Gasteiger partial charge in [0.05, 0.1) is 6.10 Å². The van der Waals surface area contributed by atoms with E-state index in [1.807, 2.05) is 13.1 Å². The molecule has 45 heavy (non-hydrogen) atoms. The molecule has 0 bridgehead atoms. The molecule has 0 aliphatic heterocycles. The summed E-state index contributed by atoms with van der Waals surface area (Å²) in [5.74, 6) is 2.21. The first kappa shape index (κ1) is 36.6. The molecule has 4 rings (SSSR count). The molecule has 246 valence electrons. The molecule has 0 unspecified atom stereocenters. The monoisotopic (exact) mass is 634 g/mol. The molecule has 2 aliphatic carbocycles. The van der Waals surface area contributed by atoms with Crippen LogP contribution in [0.3, 0.4) is 0 Å². The average Bonchev–Trinajstić information content (AvgIpc) is 2.98. The highest BCUT2D eigenvalue weighted by atomic mass is 35.5. The van der Waals surface area contributed by atoms with Crippen LogP contribution in [0.5, 0.6) is 5.75 Å². The lowest BCUT2D eigenvalue weighted by Gasteiger charge is -2.34. The molecule has 2 saturated carbocycles. The van der Waals surface area contributed by atoms with Gasteiger partial charge in [-0.25, -0.2) is 9.38 Å². The van der Waals surface area contributed by atoms with Gasteiger partial charge in [-0.3, -0.25) is 0 Å². The van der Waals surface area contributed by atoms with Crippen molar-refractivity contribution in [1.29, 1.82) is 0 Å². The number of nitrogens with one attached hydrogen (secondary N) is 1. The molecule has 0 amide bonds. The van der Waals surface area contributed by atoms with E-state index in [0.29, 0.717) is 28.1 Å². The van der Waals surface area contributed by atoms with Gasteiger partial charge < -0.3 is 10.1 Å². The first-order valence-electron chi connectivity index (χ1n) is 17.1. The minimum Gasteiger partial charge on any atom is -0.490 e. The number of hydrogen-bond donors (Lipinski definition) is 1. The van der Waals surface area contributed by atoms with Gasteiger partial charge in [0.1, 0.15) is 17.4 Å². The van der Waals surface area contributed by atoms with Gasteiger partial charge in [0.15, 0.2) is 0 Å². The van der Waals surface area contributed by atoms with Gasteiger partial charge in [0.2, 0.25) is 0 Å². The van der Waals surface area contributed by atoms with E-state index in [9.17, 15) is 4.39 Å². The third kappa shape index (κ3) is 12.8. The molecule has 2 fully saturated rings. The average molecular weight is 635 g/mol. The van der Waals surface area contributed by atoms with Crippen molar-refractivity contribution in [2.75, 3.05) is 5.32 Å². The summed E-state index contributed by atoms with van der Waals surface area (Å²) in [7, 11) is 0. The number of hydrogen-bond acceptors (Lipinski definition) is 2. The van der Waals surface area contributed by atoms with Crippen LogP contribution in [0.4, 0.5) is 10.1 Å². The van der Waals surface area contributed by atoms with Crippen LogP contribution in [0.1, 0.15) is 125 Å². The third-order valence-electron chi connectivity index (χ3n) is 8.86. The zero-order valence-electron chi connectivity index (χ0n) is 28.8. The Balaban J connectivity index is 0.000000693. The summed E-state index contributed by atoms with van der Waals surface area (Å²) in [6, 6.07) is 12.8. The van der Waals surface area contributed by atoms with Crippen LogP contribution in [-0.4, -0.2) is 11.9 Å². The van der Waals surface area contributed by atoms with Gasteiger partial charge in [-0.1, -0.05) is 103 Å². The van der Waals surface area contributed by atoms with E-state index >= 15 is 0 Å². The number of allylic oxidation sites excluding steroid dienone is 5. The molecular weight excluding hydrogens is 579 g/mol. The van der Waals surface area contributed by atoms with Crippen molar-refractivity contribution in [2.45, 2.75) is 125 Å². The SMILES string of the molecule is CC1CCCCC1.CC\C=C(C(=C/N=C(C)Nc1cc(F)cc(Cl)c1)/C(C)=C/CC)\c1ccc(OC2CCC(C)(C)CC2)cc1. The number of nitrogens with zero attached hydrogens (tertiary/aromatic N) is 1. The maximum atomic E-state index is 13.8. The predicted molar refractivity (Wildman–Crippen MR) is 194 cm³/mol. The minimum absolute atomic E-state index is 0.294. The van der Waals surface area contributed by atoms with Gasteiger partial charge in [-0.15, -0.1) is 0 Å². The Hall–Kier alpha value is -2.85. The molecule has 0 heterocycles. The Morgan fingerprint density at radius 1 is 0.956 bits per heavy atom. The Morgan fingerprint density at radius 3 is 2.16 bits per heavy atom. The number of amidine groups is 1. The fourth-order valence-corrected chi connectivity index (χ4v) is 6.34. The topological polar surface area (TPSA) is 33.6 Å². The van der Waals surface area contributed by atoms with Crippen molar-refractivity contribution in [3.8, 4) is 5.75 Å². The van der Waals surface area contributed by atoms with Crippen LogP contribution in [0.2, 0.25) is 5.02 Å². The molecule has 1 N–H and O–H groups in total. The second kappa shape index (κ2) is 18.3. The lowest BCUT2D eigenvalue weighted by Crippen LogP contribution is -2.28. The van der Waals surface area contributed by atoms with E-state index in [4.69, 9.17) is 16.3 Å². The van der Waals surface area contributed by atoms with Gasteiger partial charge in [-0.2, -0.15) is 0 Å². The van der Waals surface area contributed by atoms with Gasteiger partial charge in [0, 0.05) is 22.5 Å². The van der Waals surface area contributed by atoms with Crippen LogP contribution in [0.25, 0.3) is 5.57 Å². The maximum absolute atomic E-state index is 13.8. The second-order valence-corrected chi connectivity index (χ2v) is 14.0. The molecule has 0 radical (unpaired) electrons. The Morgan fingerprint density at radius 2 is 1.60 bits per heavy atom. The first-order valence-corrected chi connectivity index (χ1v) is 17.5. The fraction of sp³-hybridized carbons (Fsp3) is 0.525. The number of rotatable bonds is 9. The van der Waals surface area contributed by atoms with Crippen molar-refractivity contribution < 1.29 is 9.13 Å². The zero-order chi connectivity index (χ0) is 32.8. The molecule has 5 heteroatoms. The summed E-state index contributed by atoms with van der Waals surface area (Å²) < 4.78 is 20.1. The van der Waals surface area contributed by atoms with E-state index in [2.05, 4.69) is 88.3 Å². The Bertz CT molecular complexity index is 1300. The first-order chi connectivity index (χ1) is 21.5. The normalized spacial score (nSPS) is 18.7. The van der Waals surface area contributed by atoms with E-state index in [1.165, 1.54) is 57.1 Å². The quantitative estimate of drug-likeness (QED) is 0.169. The largest absolute Gasteiger partial charge is 0.490 e. The number of anilines is 1. The Labute approximate surface area is 278 Å². The van der Waals surface area contributed by atoms with Gasteiger partial charge in [-0.05, 0) is 111 Å². The molecule has 0 atom stereocenters. The predicted octanol–water partition coefficient (Wildman–Crippen LogP) is 13.0. The molecule has 0 aromatic heterocycles. The van der Waals surface area contributed by atoms with Crippen LogP contribution in [0, 0.1) is 17.2 Å². The summed E-state index contributed by atoms with van der Waals surface area (Å²) in [5, 5.41) is 3.48. The summed E-state index contributed by atoms with van der Waals surface area (Å²) >= 11 is 6.00. The summed E-state index contributed by atoms with van der Waals surface area (Å²) in [4.78, 5) is 4.69. The smallest absolute Gasteiger partial charge is 0.126 e. The summed E-state index contributed by atoms with van der Waals surface area (Å²) in [6.45, 7) is 15.3. The van der Waals surface area contributed by atoms with Crippen LogP contribution in [-0.2, 0) is 0 Å². The van der Waals surface area contributed by atoms with Gasteiger partial charge >= 0.3 is 0 Å². The fourth-order valence-electron chi connectivity index (χ4n) is 6.12. The summed E-state index contributed by atoms with van der Waals surface area (Å²) in [6.07, 6.45) is 20.5. The molecule has 2 aromatic carbocycles. The molecule has 2 aromatic rings. The lowest BCUT2D eigenvalue weighted by molar-refractivity contribution is 0.0988. The van der Waals surface area contributed by atoms with Crippen molar-refractivity contribution in [2.24, 2.45) is 16.3 Å². The van der Waals surface area contributed by atoms with Crippen LogP contribution < -0.4 is 10.1 Å². The number of ether oxygens (including phenoxy) is 1. The Kier molecular flexibility index (Phi) is 14.9. The molecule has 0 spiro atoms. The highest BCUT2D eigenvalue weighted by Crippen LogP contribution is 2.37. The number of halogens is 2. The highest BCUT2D eigenvalue weighted by Gasteiger charge is 2.27. The molecule has 3 nitrogen and oxygen atoms in total. The number of aliphatic imine (C=N–C) groups is 1. The second-order valence-electron chi connectivity index (χ2n) is 13.6. The maximum Gasteiger partial charge on any atom is 0.126 e. The molecule has 2 aliphatic rings. The molecule has 0 saturated heterocycles.